The average Bonchev–Trinajstić information content (AvgIpc) is 3.06. The van der Waals surface area contributed by atoms with Crippen LogP contribution in [-0.2, 0) is 24.8 Å². The van der Waals surface area contributed by atoms with Crippen LogP contribution in [0.25, 0.3) is 0 Å². The molecule has 0 atom stereocenters. The van der Waals surface area contributed by atoms with Gasteiger partial charge in [-0.05, 0) is 36.8 Å². The molecule has 1 amide bonds. The largest absolute Gasteiger partial charge is 0.379 e. The second-order valence-electron chi connectivity index (χ2n) is 6.24. The van der Waals surface area contributed by atoms with E-state index in [0.29, 0.717) is 16.9 Å². The standard InChI is InChI=1S/C16H18FN3O6S3/c1-10-8-14(28(18,22)23)27-15(10)16(21)19-11-2-3-12(17)13(9-11)29(24,25)20-4-6-26-7-5-20/h2-3,8-9H,4-7H2,1H3,(H,19,21)(H2,18,22,23). The number of ether oxygens (including phenoxy) is 1. The predicted molar refractivity (Wildman–Crippen MR) is 104 cm³/mol. The lowest BCUT2D eigenvalue weighted by molar-refractivity contribution is 0.0729. The Kier molecular flexibility index (Phi) is 6.08. The summed E-state index contributed by atoms with van der Waals surface area (Å²) in [7, 11) is -8.07. The summed E-state index contributed by atoms with van der Waals surface area (Å²) in [4.78, 5) is 12.0. The first kappa shape index (κ1) is 21.8. The van der Waals surface area contributed by atoms with Gasteiger partial charge in [-0.3, -0.25) is 4.79 Å². The molecule has 2 heterocycles. The molecule has 0 saturated carbocycles. The Morgan fingerprint density at radius 3 is 2.45 bits per heavy atom. The molecule has 0 unspecified atom stereocenters. The van der Waals surface area contributed by atoms with Crippen LogP contribution in [0, 0.1) is 12.7 Å². The van der Waals surface area contributed by atoms with E-state index in [1.165, 1.54) is 12.1 Å². The molecule has 1 aromatic heterocycles. The number of rotatable bonds is 5. The summed E-state index contributed by atoms with van der Waals surface area (Å²) in [5.74, 6) is -1.61. The van der Waals surface area contributed by atoms with Gasteiger partial charge in [0.15, 0.2) is 0 Å². The molecule has 9 nitrogen and oxygen atoms in total. The van der Waals surface area contributed by atoms with E-state index in [9.17, 15) is 26.0 Å². The number of sulfonamides is 2. The minimum absolute atomic E-state index is 0.0493. The summed E-state index contributed by atoms with van der Waals surface area (Å²) >= 11 is 0.690. The first-order chi connectivity index (χ1) is 13.5. The van der Waals surface area contributed by atoms with Gasteiger partial charge in [0, 0.05) is 18.8 Å². The number of benzene rings is 1. The number of anilines is 1. The van der Waals surface area contributed by atoms with E-state index in [4.69, 9.17) is 9.88 Å². The van der Waals surface area contributed by atoms with Crippen LogP contribution in [0.4, 0.5) is 10.1 Å². The van der Waals surface area contributed by atoms with Gasteiger partial charge >= 0.3 is 0 Å². The van der Waals surface area contributed by atoms with Crippen LogP contribution in [0.5, 0.6) is 0 Å². The predicted octanol–water partition coefficient (Wildman–Crippen LogP) is 1.12. The molecule has 3 rings (SSSR count). The molecule has 1 saturated heterocycles. The highest BCUT2D eigenvalue weighted by atomic mass is 32.2. The maximum absolute atomic E-state index is 14.3. The number of hydrogen-bond donors (Lipinski definition) is 2. The number of carbonyl (C=O) groups is 1. The SMILES string of the molecule is Cc1cc(S(N)(=O)=O)sc1C(=O)Nc1ccc(F)c(S(=O)(=O)N2CCOCC2)c1. The summed E-state index contributed by atoms with van der Waals surface area (Å²) in [6.45, 7) is 2.16. The van der Waals surface area contributed by atoms with Gasteiger partial charge in [-0.25, -0.2) is 26.4 Å². The topological polar surface area (TPSA) is 136 Å². The van der Waals surface area contributed by atoms with Crippen molar-refractivity contribution in [2.24, 2.45) is 5.14 Å². The molecule has 1 aliphatic rings. The third-order valence-corrected chi connectivity index (χ3v) is 8.73. The zero-order valence-corrected chi connectivity index (χ0v) is 17.7. The quantitative estimate of drug-likeness (QED) is 0.682. The minimum Gasteiger partial charge on any atom is -0.379 e. The normalized spacial score (nSPS) is 16.0. The molecule has 29 heavy (non-hydrogen) atoms. The molecule has 0 spiro atoms. The highest BCUT2D eigenvalue weighted by molar-refractivity contribution is 7.91. The molecule has 0 radical (unpaired) electrons. The first-order valence-electron chi connectivity index (χ1n) is 8.32. The van der Waals surface area contributed by atoms with Crippen molar-refractivity contribution in [3.05, 3.63) is 40.5 Å². The number of amides is 1. The summed E-state index contributed by atoms with van der Waals surface area (Å²) < 4.78 is 68.7. The summed E-state index contributed by atoms with van der Waals surface area (Å²) in [6, 6.07) is 4.46. The Hall–Kier alpha value is -1.90. The smallest absolute Gasteiger partial charge is 0.266 e. The highest BCUT2D eigenvalue weighted by Crippen LogP contribution is 2.28. The number of morpholine rings is 1. The van der Waals surface area contributed by atoms with Gasteiger partial charge in [0.1, 0.15) is 14.9 Å². The van der Waals surface area contributed by atoms with Crippen molar-refractivity contribution >= 4 is 43.0 Å². The molecule has 2 aromatic rings. The van der Waals surface area contributed by atoms with Gasteiger partial charge in [0.25, 0.3) is 5.91 Å². The molecular formula is C16H18FN3O6S3. The maximum Gasteiger partial charge on any atom is 0.266 e. The van der Waals surface area contributed by atoms with E-state index in [-0.39, 0.29) is 41.1 Å². The lowest BCUT2D eigenvalue weighted by atomic mass is 10.2. The van der Waals surface area contributed by atoms with Crippen molar-refractivity contribution in [1.29, 1.82) is 0 Å². The van der Waals surface area contributed by atoms with Gasteiger partial charge in [0.05, 0.1) is 18.1 Å². The van der Waals surface area contributed by atoms with Crippen LogP contribution in [-0.4, -0.2) is 53.4 Å². The van der Waals surface area contributed by atoms with E-state index in [2.05, 4.69) is 5.32 Å². The molecule has 13 heteroatoms. The Morgan fingerprint density at radius 2 is 1.86 bits per heavy atom. The number of nitrogens with zero attached hydrogens (tertiary/aromatic N) is 1. The minimum atomic E-state index is -4.11. The monoisotopic (exact) mass is 463 g/mol. The third-order valence-electron chi connectivity index (χ3n) is 4.16. The number of nitrogens with two attached hydrogens (primary N) is 1. The van der Waals surface area contributed by atoms with Crippen LogP contribution < -0.4 is 10.5 Å². The zero-order chi connectivity index (χ0) is 21.4. The van der Waals surface area contributed by atoms with Crippen molar-refractivity contribution in [2.45, 2.75) is 16.0 Å². The van der Waals surface area contributed by atoms with Gasteiger partial charge < -0.3 is 10.1 Å². The number of primary sulfonamides is 1. The van der Waals surface area contributed by atoms with Crippen molar-refractivity contribution in [3.8, 4) is 0 Å². The van der Waals surface area contributed by atoms with Crippen molar-refractivity contribution in [3.63, 3.8) is 0 Å². The number of hydrogen-bond acceptors (Lipinski definition) is 7. The molecule has 0 bridgehead atoms. The first-order valence-corrected chi connectivity index (χ1v) is 12.1. The van der Waals surface area contributed by atoms with E-state index in [1.807, 2.05) is 0 Å². The second-order valence-corrected chi connectivity index (χ2v) is 11.0. The molecule has 1 aromatic carbocycles. The Morgan fingerprint density at radius 1 is 1.21 bits per heavy atom. The van der Waals surface area contributed by atoms with Gasteiger partial charge in [0.2, 0.25) is 20.0 Å². The number of aryl methyl sites for hydroxylation is 1. The van der Waals surface area contributed by atoms with Gasteiger partial charge in [-0.1, -0.05) is 0 Å². The average molecular weight is 464 g/mol. The van der Waals surface area contributed by atoms with Gasteiger partial charge in [-0.15, -0.1) is 11.3 Å². The van der Waals surface area contributed by atoms with E-state index in [0.717, 1.165) is 16.4 Å². The van der Waals surface area contributed by atoms with E-state index >= 15 is 0 Å². The summed E-state index contributed by atoms with van der Waals surface area (Å²) in [5, 5.41) is 7.54. The number of carbonyl (C=O) groups excluding carboxylic acids is 1. The van der Waals surface area contributed by atoms with Crippen LogP contribution >= 0.6 is 11.3 Å². The molecule has 3 N–H and O–H groups in total. The van der Waals surface area contributed by atoms with Crippen molar-refractivity contribution in [1.82, 2.24) is 4.31 Å². The van der Waals surface area contributed by atoms with Crippen LogP contribution in [0.3, 0.4) is 0 Å². The lowest BCUT2D eigenvalue weighted by Gasteiger charge is -2.26. The molecule has 0 aliphatic carbocycles. The van der Waals surface area contributed by atoms with E-state index < -0.39 is 36.7 Å². The highest BCUT2D eigenvalue weighted by Gasteiger charge is 2.29. The van der Waals surface area contributed by atoms with Crippen LogP contribution in [0.15, 0.2) is 33.4 Å². The van der Waals surface area contributed by atoms with Gasteiger partial charge in [-0.2, -0.15) is 4.31 Å². The number of nitrogens with one attached hydrogen (secondary N) is 1. The van der Waals surface area contributed by atoms with E-state index in [1.54, 1.807) is 6.92 Å². The molecular weight excluding hydrogens is 445 g/mol. The number of thiophene rings is 1. The van der Waals surface area contributed by atoms with Crippen molar-refractivity contribution < 1.29 is 30.8 Å². The summed E-state index contributed by atoms with van der Waals surface area (Å²) in [6.07, 6.45) is 0. The molecule has 1 aliphatic heterocycles. The van der Waals surface area contributed by atoms with Crippen LogP contribution in [0.2, 0.25) is 0 Å². The second kappa shape index (κ2) is 8.08. The molecule has 1 fully saturated rings. The Balaban J connectivity index is 1.89. The zero-order valence-electron chi connectivity index (χ0n) is 15.2. The third kappa shape index (κ3) is 4.65. The number of halogens is 1. The summed E-state index contributed by atoms with van der Waals surface area (Å²) in [5.41, 5.74) is 0.438. The Bertz CT molecular complexity index is 1150. The fourth-order valence-electron chi connectivity index (χ4n) is 2.71. The fourth-order valence-corrected chi connectivity index (χ4v) is 6.07. The Labute approximate surface area is 171 Å². The van der Waals surface area contributed by atoms with Crippen LogP contribution in [0.1, 0.15) is 15.2 Å². The van der Waals surface area contributed by atoms with Crippen molar-refractivity contribution in [2.75, 3.05) is 31.6 Å². The maximum atomic E-state index is 14.3. The fraction of sp³-hybridized carbons (Fsp3) is 0.312. The lowest BCUT2D eigenvalue weighted by Crippen LogP contribution is -2.40. The molecule has 158 valence electrons.